The third kappa shape index (κ3) is 4.75. The summed E-state index contributed by atoms with van der Waals surface area (Å²) in [5.74, 6) is 0.774. The summed E-state index contributed by atoms with van der Waals surface area (Å²) in [7, 11) is 1.87. The smallest absolute Gasteiger partial charge is 0.351 e. The zero-order chi connectivity index (χ0) is 27.3. The van der Waals surface area contributed by atoms with Crippen molar-refractivity contribution >= 4 is 39.4 Å². The van der Waals surface area contributed by atoms with Gasteiger partial charge in [-0.1, -0.05) is 11.6 Å². The fourth-order valence-electron chi connectivity index (χ4n) is 4.96. The van der Waals surface area contributed by atoms with Gasteiger partial charge in [-0.2, -0.15) is 15.3 Å². The molecule has 1 aliphatic carbocycles. The van der Waals surface area contributed by atoms with Crippen LogP contribution in [0.5, 0.6) is 0 Å². The number of nitrogens with one attached hydrogen (secondary N) is 1. The molecule has 1 aromatic carbocycles. The Kier molecular flexibility index (Phi) is 6.33. The fourth-order valence-corrected chi connectivity index (χ4v) is 5.14. The molecule has 5 aromatic rings. The highest BCUT2D eigenvalue weighted by Gasteiger charge is 2.28. The fraction of sp³-hybridized carbons (Fsp3) is 0.321. The molecule has 1 fully saturated rings. The molecule has 39 heavy (non-hydrogen) atoms. The maximum absolute atomic E-state index is 13.2. The molecule has 0 saturated heterocycles. The van der Waals surface area contributed by atoms with E-state index >= 15 is 0 Å². The number of rotatable bonds is 8. The Hall–Kier alpha value is -4.20. The highest BCUT2D eigenvalue weighted by Crippen LogP contribution is 2.36. The van der Waals surface area contributed by atoms with Crippen molar-refractivity contribution in [3.8, 4) is 17.5 Å². The predicted octanol–water partition coefficient (Wildman–Crippen LogP) is 3.92. The van der Waals surface area contributed by atoms with Crippen molar-refractivity contribution in [1.82, 2.24) is 28.9 Å². The summed E-state index contributed by atoms with van der Waals surface area (Å²) in [6.45, 7) is 2.78. The average molecular weight is 543 g/mol. The van der Waals surface area contributed by atoms with Gasteiger partial charge in [-0.15, -0.1) is 0 Å². The highest BCUT2D eigenvalue weighted by molar-refractivity contribution is 6.31. The van der Waals surface area contributed by atoms with Crippen molar-refractivity contribution in [3.05, 3.63) is 69.4 Å². The molecule has 1 saturated carbocycles. The first-order valence-electron chi connectivity index (χ1n) is 12.9. The van der Waals surface area contributed by atoms with Gasteiger partial charge in [0.25, 0.3) is 0 Å². The van der Waals surface area contributed by atoms with Crippen LogP contribution in [-0.2, 0) is 20.1 Å². The van der Waals surface area contributed by atoms with Gasteiger partial charge in [-0.3, -0.25) is 14.2 Å². The van der Waals surface area contributed by atoms with E-state index in [1.807, 2.05) is 46.6 Å². The van der Waals surface area contributed by atoms with Crippen LogP contribution in [0.3, 0.4) is 0 Å². The molecular formula is C28H27ClN8O2. The molecule has 4 heterocycles. The second-order valence-electron chi connectivity index (χ2n) is 10.2. The lowest BCUT2D eigenvalue weighted by atomic mass is 10.1. The Labute approximate surface area is 229 Å². The molecule has 1 atom stereocenters. The van der Waals surface area contributed by atoms with Gasteiger partial charge in [0, 0.05) is 42.9 Å². The van der Waals surface area contributed by atoms with Crippen molar-refractivity contribution in [2.45, 2.75) is 39.0 Å². The number of nitrogens with zero attached hydrogens (tertiary/aromatic N) is 7. The first kappa shape index (κ1) is 25.1. The Bertz CT molecular complexity index is 1820. The molecule has 2 N–H and O–H groups in total. The first-order valence-corrected chi connectivity index (χ1v) is 13.2. The van der Waals surface area contributed by atoms with E-state index in [0.29, 0.717) is 52.1 Å². The van der Waals surface area contributed by atoms with Crippen LogP contribution in [-0.4, -0.2) is 46.6 Å². The maximum Gasteiger partial charge on any atom is 0.351 e. The Morgan fingerprint density at radius 3 is 2.82 bits per heavy atom. The predicted molar refractivity (Wildman–Crippen MR) is 150 cm³/mol. The van der Waals surface area contributed by atoms with E-state index in [4.69, 9.17) is 16.7 Å². The minimum atomic E-state index is -0.651. The molecule has 0 aliphatic heterocycles. The summed E-state index contributed by atoms with van der Waals surface area (Å²) in [6, 6.07) is 11.5. The van der Waals surface area contributed by atoms with Gasteiger partial charge in [0.05, 0.1) is 40.5 Å². The number of hydrogen-bond acceptors (Lipinski definition) is 7. The number of halogens is 1. The van der Waals surface area contributed by atoms with Gasteiger partial charge in [0.15, 0.2) is 5.65 Å². The van der Waals surface area contributed by atoms with Crippen LogP contribution in [0.1, 0.15) is 30.9 Å². The highest BCUT2D eigenvalue weighted by atomic mass is 35.5. The van der Waals surface area contributed by atoms with Gasteiger partial charge >= 0.3 is 5.69 Å². The molecule has 0 unspecified atom stereocenters. The molecule has 0 amide bonds. The minimum Gasteiger partial charge on any atom is -0.392 e. The van der Waals surface area contributed by atoms with E-state index in [-0.39, 0.29) is 12.2 Å². The van der Waals surface area contributed by atoms with Crippen LogP contribution in [0.2, 0.25) is 5.02 Å². The molecule has 1 aliphatic rings. The van der Waals surface area contributed by atoms with Crippen LogP contribution < -0.4 is 11.0 Å². The number of fused-ring (bicyclic) bond motifs is 2. The van der Waals surface area contributed by atoms with Gasteiger partial charge in [0.2, 0.25) is 0 Å². The number of benzene rings is 1. The standard InChI is InChI=1S/C28H27ClN8O2/c1-16(38)12-32-26-24-25(23-9-18(11-30)13-35(23)2)37(34-27(24)36(28(39)33-26)14-17-3-4-17)15-19-7-8-31-22-6-5-20(29)10-21(19)22/h5-10,13,16-17,38H,3-4,12,14-15H2,1-2H3,(H,32,33,39)/t16-/m0/s1. The van der Waals surface area contributed by atoms with E-state index in [0.717, 1.165) is 35.0 Å². The number of aliphatic hydroxyl groups is 1. The molecule has 198 valence electrons. The third-order valence-electron chi connectivity index (χ3n) is 7.06. The lowest BCUT2D eigenvalue weighted by Gasteiger charge is -2.13. The van der Waals surface area contributed by atoms with E-state index in [9.17, 15) is 15.2 Å². The molecule has 6 rings (SSSR count). The summed E-state index contributed by atoms with van der Waals surface area (Å²) in [4.78, 5) is 22.1. The zero-order valence-electron chi connectivity index (χ0n) is 21.6. The lowest BCUT2D eigenvalue weighted by Crippen LogP contribution is -2.27. The second-order valence-corrected chi connectivity index (χ2v) is 10.6. The van der Waals surface area contributed by atoms with E-state index in [1.54, 1.807) is 23.9 Å². The van der Waals surface area contributed by atoms with E-state index in [1.165, 1.54) is 0 Å². The van der Waals surface area contributed by atoms with Crippen LogP contribution >= 0.6 is 11.6 Å². The molecule has 0 radical (unpaired) electrons. The van der Waals surface area contributed by atoms with Crippen molar-refractivity contribution in [2.24, 2.45) is 13.0 Å². The lowest BCUT2D eigenvalue weighted by molar-refractivity contribution is 0.208. The average Bonchev–Trinajstić information content (AvgIpc) is 3.55. The Balaban J connectivity index is 1.64. The second kappa shape index (κ2) is 9.84. The molecule has 4 aromatic heterocycles. The number of pyridine rings is 1. The number of anilines is 1. The summed E-state index contributed by atoms with van der Waals surface area (Å²) in [5.41, 5.74) is 3.87. The van der Waals surface area contributed by atoms with Crippen LogP contribution in [0, 0.1) is 17.2 Å². The number of aryl methyl sites for hydroxylation is 1. The van der Waals surface area contributed by atoms with E-state index < -0.39 is 6.10 Å². The monoisotopic (exact) mass is 542 g/mol. The van der Waals surface area contributed by atoms with Crippen molar-refractivity contribution in [3.63, 3.8) is 0 Å². The molecular weight excluding hydrogens is 516 g/mol. The molecule has 10 nitrogen and oxygen atoms in total. The quantitative estimate of drug-likeness (QED) is 0.304. The third-order valence-corrected chi connectivity index (χ3v) is 7.29. The molecule has 11 heteroatoms. The number of nitriles is 1. The number of aliphatic hydroxyl groups excluding tert-OH is 1. The van der Waals surface area contributed by atoms with E-state index in [2.05, 4.69) is 21.4 Å². The summed E-state index contributed by atoms with van der Waals surface area (Å²) in [5, 5.41) is 29.9. The SMILES string of the molecule is C[C@H](O)CNc1nc(=O)n(CC2CC2)c2nn(Cc3ccnc4ccc(Cl)cc34)c(-c3cc(C#N)cn3C)c12. The van der Waals surface area contributed by atoms with Gasteiger partial charge in [-0.05, 0) is 61.6 Å². The Morgan fingerprint density at radius 2 is 2.10 bits per heavy atom. The number of hydrogen-bond donors (Lipinski definition) is 2. The van der Waals surface area contributed by atoms with Crippen molar-refractivity contribution < 1.29 is 5.11 Å². The molecule has 0 bridgehead atoms. The van der Waals surface area contributed by atoms with Crippen molar-refractivity contribution in [1.29, 1.82) is 5.26 Å². The van der Waals surface area contributed by atoms with Gasteiger partial charge in [0.1, 0.15) is 11.9 Å². The van der Waals surface area contributed by atoms with Crippen molar-refractivity contribution in [2.75, 3.05) is 11.9 Å². The summed E-state index contributed by atoms with van der Waals surface area (Å²) in [6.07, 6.45) is 5.00. The zero-order valence-corrected chi connectivity index (χ0v) is 22.4. The first-order chi connectivity index (χ1) is 18.8. The van der Waals surface area contributed by atoms with Crippen LogP contribution in [0.15, 0.2) is 47.5 Å². The largest absolute Gasteiger partial charge is 0.392 e. The summed E-state index contributed by atoms with van der Waals surface area (Å²) >= 11 is 6.34. The van der Waals surface area contributed by atoms with Crippen LogP contribution in [0.25, 0.3) is 33.3 Å². The van der Waals surface area contributed by atoms with Gasteiger partial charge < -0.3 is 15.0 Å². The topological polar surface area (TPSA) is 127 Å². The normalized spacial score (nSPS) is 14.1. The van der Waals surface area contributed by atoms with Crippen LogP contribution in [0.4, 0.5) is 5.82 Å². The molecule has 0 spiro atoms. The Morgan fingerprint density at radius 1 is 1.28 bits per heavy atom. The minimum absolute atomic E-state index is 0.211. The van der Waals surface area contributed by atoms with Gasteiger partial charge in [-0.25, -0.2) is 4.79 Å². The maximum atomic E-state index is 13.2. The number of aromatic nitrogens is 6. The summed E-state index contributed by atoms with van der Waals surface area (Å²) < 4.78 is 5.38.